The normalized spacial score (nSPS) is 15.8. The molecule has 0 amide bonds. The third-order valence-electron chi connectivity index (χ3n) is 5.43. The minimum atomic E-state index is -2.60. The quantitative estimate of drug-likeness (QED) is 0.439. The molecule has 0 bridgehead atoms. The van der Waals surface area contributed by atoms with Gasteiger partial charge in [-0.2, -0.15) is 0 Å². The highest BCUT2D eigenvalue weighted by molar-refractivity contribution is 6.05. The SMILES string of the molecule is CC(C)(C)OC(=O)CC(N)[C@](N)(C(=O)O)C(=O)OCC1c2ccccc2-c2ccccc21. The van der Waals surface area contributed by atoms with Gasteiger partial charge in [0.1, 0.15) is 12.2 Å². The number of carboxylic acids is 1. The monoisotopic (exact) mass is 440 g/mol. The summed E-state index contributed by atoms with van der Waals surface area (Å²) in [6.07, 6.45) is -0.551. The molecule has 0 aromatic heterocycles. The number of rotatable bonds is 7. The average Bonchev–Trinajstić information content (AvgIpc) is 3.03. The average molecular weight is 440 g/mol. The van der Waals surface area contributed by atoms with Crippen LogP contribution in [0.5, 0.6) is 0 Å². The fourth-order valence-corrected chi connectivity index (χ4v) is 3.84. The topological polar surface area (TPSA) is 142 Å². The maximum absolute atomic E-state index is 12.8. The standard InChI is InChI=1S/C24H28N2O6/c1-23(2,3)32-20(27)12-19(25)24(26,21(28)29)22(30)31-13-18-16-10-6-4-8-14(16)15-9-5-7-11-17(15)18/h4-11,18-19H,12-13,25-26H2,1-3H3,(H,28,29)/t19?,24-/m0/s1. The molecule has 0 spiro atoms. The van der Waals surface area contributed by atoms with Crippen LogP contribution in [0.15, 0.2) is 48.5 Å². The van der Waals surface area contributed by atoms with E-state index in [1.807, 2.05) is 48.5 Å². The van der Waals surface area contributed by atoms with Crippen molar-refractivity contribution >= 4 is 17.9 Å². The van der Waals surface area contributed by atoms with Gasteiger partial charge in [-0.05, 0) is 43.0 Å². The molecule has 5 N–H and O–H groups in total. The molecule has 2 aromatic carbocycles. The van der Waals surface area contributed by atoms with Crippen molar-refractivity contribution in [1.29, 1.82) is 0 Å². The molecule has 170 valence electrons. The van der Waals surface area contributed by atoms with Crippen LogP contribution >= 0.6 is 0 Å². The van der Waals surface area contributed by atoms with Crippen LogP contribution in [0.2, 0.25) is 0 Å². The molecule has 1 aliphatic rings. The first kappa shape index (κ1) is 23.4. The van der Waals surface area contributed by atoms with E-state index in [9.17, 15) is 19.5 Å². The Labute approximate surface area is 186 Å². The Morgan fingerprint density at radius 3 is 1.97 bits per heavy atom. The van der Waals surface area contributed by atoms with Crippen molar-refractivity contribution in [3.05, 3.63) is 59.7 Å². The van der Waals surface area contributed by atoms with E-state index < -0.39 is 41.5 Å². The zero-order valence-corrected chi connectivity index (χ0v) is 18.3. The number of nitrogens with two attached hydrogens (primary N) is 2. The smallest absolute Gasteiger partial charge is 0.339 e. The maximum atomic E-state index is 12.8. The van der Waals surface area contributed by atoms with Crippen LogP contribution in [0.25, 0.3) is 11.1 Å². The fraction of sp³-hybridized carbons (Fsp3) is 0.375. The number of carboxylic acid groups (broad SMARTS) is 1. The van der Waals surface area contributed by atoms with E-state index in [0.717, 1.165) is 22.3 Å². The molecule has 1 aliphatic carbocycles. The second kappa shape index (κ2) is 8.72. The van der Waals surface area contributed by atoms with Crippen LogP contribution in [-0.2, 0) is 23.9 Å². The zero-order valence-electron chi connectivity index (χ0n) is 18.3. The predicted octanol–water partition coefficient (Wildman–Crippen LogP) is 2.18. The van der Waals surface area contributed by atoms with Gasteiger partial charge >= 0.3 is 17.9 Å². The predicted molar refractivity (Wildman–Crippen MR) is 118 cm³/mol. The summed E-state index contributed by atoms with van der Waals surface area (Å²) in [5.41, 5.74) is 12.4. The van der Waals surface area contributed by atoms with E-state index >= 15 is 0 Å². The van der Waals surface area contributed by atoms with E-state index in [1.165, 1.54) is 0 Å². The molecule has 0 saturated heterocycles. The number of hydrogen-bond acceptors (Lipinski definition) is 7. The van der Waals surface area contributed by atoms with E-state index in [-0.39, 0.29) is 12.5 Å². The third-order valence-corrected chi connectivity index (χ3v) is 5.43. The van der Waals surface area contributed by atoms with Gasteiger partial charge in [-0.3, -0.25) is 4.79 Å². The summed E-state index contributed by atoms with van der Waals surface area (Å²) in [4.78, 5) is 36.8. The van der Waals surface area contributed by atoms with Crippen molar-refractivity contribution in [1.82, 2.24) is 0 Å². The molecule has 3 rings (SSSR count). The lowest BCUT2D eigenvalue weighted by Crippen LogP contribution is -2.67. The summed E-state index contributed by atoms with van der Waals surface area (Å²) in [7, 11) is 0. The van der Waals surface area contributed by atoms with E-state index in [1.54, 1.807) is 20.8 Å². The lowest BCUT2D eigenvalue weighted by Gasteiger charge is -2.29. The van der Waals surface area contributed by atoms with Crippen molar-refractivity contribution in [2.75, 3.05) is 6.61 Å². The number of aliphatic carboxylic acids is 1. The minimum Gasteiger partial charge on any atom is -0.479 e. The lowest BCUT2D eigenvalue weighted by molar-refractivity contribution is -0.164. The fourth-order valence-electron chi connectivity index (χ4n) is 3.84. The molecule has 32 heavy (non-hydrogen) atoms. The van der Waals surface area contributed by atoms with Crippen LogP contribution in [0.1, 0.15) is 44.2 Å². The number of benzene rings is 2. The first-order chi connectivity index (χ1) is 14.9. The molecule has 2 aromatic rings. The summed E-state index contributed by atoms with van der Waals surface area (Å²) in [5, 5.41) is 9.67. The molecule has 0 fully saturated rings. The second-order valence-electron chi connectivity index (χ2n) is 8.90. The summed E-state index contributed by atoms with van der Waals surface area (Å²) in [6, 6.07) is 13.9. The van der Waals surface area contributed by atoms with E-state index in [4.69, 9.17) is 20.9 Å². The largest absolute Gasteiger partial charge is 0.479 e. The first-order valence-electron chi connectivity index (χ1n) is 10.3. The Balaban J connectivity index is 1.77. The molecular formula is C24H28N2O6. The van der Waals surface area contributed by atoms with Gasteiger partial charge in [0.15, 0.2) is 0 Å². The van der Waals surface area contributed by atoms with Crippen LogP contribution in [0.3, 0.4) is 0 Å². The second-order valence-corrected chi connectivity index (χ2v) is 8.90. The maximum Gasteiger partial charge on any atom is 0.339 e. The number of ether oxygens (including phenoxy) is 2. The number of esters is 2. The number of carbonyl (C=O) groups is 3. The zero-order chi connectivity index (χ0) is 23.7. The van der Waals surface area contributed by atoms with Crippen molar-refractivity contribution in [2.24, 2.45) is 11.5 Å². The Kier molecular flexibility index (Phi) is 6.39. The van der Waals surface area contributed by atoms with Gasteiger partial charge < -0.3 is 26.0 Å². The van der Waals surface area contributed by atoms with Crippen molar-refractivity contribution in [3.8, 4) is 11.1 Å². The Hall–Kier alpha value is -3.23. The number of carbonyl (C=O) groups excluding carboxylic acids is 2. The van der Waals surface area contributed by atoms with Crippen LogP contribution in [-0.4, -0.2) is 46.8 Å². The highest BCUT2D eigenvalue weighted by atomic mass is 16.6. The molecule has 8 heteroatoms. The molecule has 8 nitrogen and oxygen atoms in total. The van der Waals surface area contributed by atoms with Gasteiger partial charge in [0, 0.05) is 5.92 Å². The van der Waals surface area contributed by atoms with E-state index in [2.05, 4.69) is 0 Å². The lowest BCUT2D eigenvalue weighted by atomic mass is 9.89. The van der Waals surface area contributed by atoms with Crippen molar-refractivity contribution < 1.29 is 29.0 Å². The van der Waals surface area contributed by atoms with Gasteiger partial charge in [0.2, 0.25) is 5.54 Å². The number of hydrogen-bond donors (Lipinski definition) is 3. The molecule has 0 saturated carbocycles. The summed E-state index contributed by atoms with van der Waals surface area (Å²) >= 11 is 0. The highest BCUT2D eigenvalue weighted by Gasteiger charge is 2.51. The van der Waals surface area contributed by atoms with Gasteiger partial charge in [-0.15, -0.1) is 0 Å². The molecule has 1 unspecified atom stereocenters. The summed E-state index contributed by atoms with van der Waals surface area (Å²) in [5.74, 6) is -3.91. The van der Waals surface area contributed by atoms with Crippen LogP contribution in [0.4, 0.5) is 0 Å². The Morgan fingerprint density at radius 2 is 1.50 bits per heavy atom. The highest BCUT2D eigenvalue weighted by Crippen LogP contribution is 2.44. The van der Waals surface area contributed by atoms with Crippen LogP contribution < -0.4 is 11.5 Å². The molecule has 0 heterocycles. The van der Waals surface area contributed by atoms with Gasteiger partial charge in [-0.1, -0.05) is 48.5 Å². The Morgan fingerprint density at radius 1 is 1.00 bits per heavy atom. The first-order valence-corrected chi connectivity index (χ1v) is 10.3. The Bertz CT molecular complexity index is 999. The molecule has 2 atom stereocenters. The molecule has 0 radical (unpaired) electrons. The van der Waals surface area contributed by atoms with Crippen LogP contribution in [0, 0.1) is 0 Å². The van der Waals surface area contributed by atoms with Gasteiger partial charge in [0.05, 0.1) is 12.5 Å². The van der Waals surface area contributed by atoms with Gasteiger partial charge in [-0.25, -0.2) is 9.59 Å². The number of fused-ring (bicyclic) bond motifs is 3. The molecule has 0 aliphatic heterocycles. The third kappa shape index (κ3) is 4.51. The summed E-state index contributed by atoms with van der Waals surface area (Å²) in [6.45, 7) is 4.87. The summed E-state index contributed by atoms with van der Waals surface area (Å²) < 4.78 is 10.6. The van der Waals surface area contributed by atoms with Gasteiger partial charge in [0.25, 0.3) is 0 Å². The van der Waals surface area contributed by atoms with E-state index in [0.29, 0.717) is 0 Å². The minimum absolute atomic E-state index is 0.113. The van der Waals surface area contributed by atoms with Crippen molar-refractivity contribution in [3.63, 3.8) is 0 Å². The molecular weight excluding hydrogens is 412 g/mol. The van der Waals surface area contributed by atoms with Crippen molar-refractivity contribution in [2.45, 2.75) is 50.3 Å².